The SMILES string of the molecule is CCC=CCCCCCCCCCC(=O)O.CCC=CCCCCCCCCCC(=O)O.[Zn]. The number of unbranched alkanes of at least 4 members (excludes halogenated alkanes) is 14. The van der Waals surface area contributed by atoms with E-state index in [4.69, 9.17) is 10.2 Å². The largest absolute Gasteiger partial charge is 0.481 e. The third kappa shape index (κ3) is 41.8. The molecule has 0 unspecified atom stereocenters. The van der Waals surface area contributed by atoms with Crippen LogP contribution in [0.2, 0.25) is 0 Å². The normalized spacial score (nSPS) is 10.7. The zero-order chi connectivity index (χ0) is 24.1. The van der Waals surface area contributed by atoms with Crippen LogP contribution in [-0.4, -0.2) is 22.2 Å². The van der Waals surface area contributed by atoms with Crippen LogP contribution in [0.3, 0.4) is 0 Å². The summed E-state index contributed by atoms with van der Waals surface area (Å²) in [6.45, 7) is 4.32. The Labute approximate surface area is 217 Å². The van der Waals surface area contributed by atoms with E-state index in [9.17, 15) is 9.59 Å². The molecular formula is C28H52O4Zn. The second-order valence-electron chi connectivity index (χ2n) is 8.57. The minimum absolute atomic E-state index is 0. The number of carboxylic acid groups (broad SMARTS) is 2. The fourth-order valence-corrected chi connectivity index (χ4v) is 3.41. The molecule has 4 nitrogen and oxygen atoms in total. The molecule has 0 aromatic rings. The molecule has 0 heterocycles. The van der Waals surface area contributed by atoms with Crippen molar-refractivity contribution >= 4 is 11.9 Å². The Kier molecular flexibility index (Phi) is 36.9. The van der Waals surface area contributed by atoms with Gasteiger partial charge in [0.15, 0.2) is 0 Å². The topological polar surface area (TPSA) is 74.6 Å². The first-order valence-corrected chi connectivity index (χ1v) is 13.3. The van der Waals surface area contributed by atoms with Crippen molar-refractivity contribution in [3.63, 3.8) is 0 Å². The molecule has 0 saturated heterocycles. The quantitative estimate of drug-likeness (QED) is 0.0852. The molecular weight excluding hydrogens is 466 g/mol. The van der Waals surface area contributed by atoms with Gasteiger partial charge in [-0.15, -0.1) is 0 Å². The van der Waals surface area contributed by atoms with Crippen molar-refractivity contribution < 1.29 is 39.3 Å². The maximum Gasteiger partial charge on any atom is 0.303 e. The first-order valence-electron chi connectivity index (χ1n) is 13.3. The summed E-state index contributed by atoms with van der Waals surface area (Å²) in [5, 5.41) is 16.9. The first-order chi connectivity index (χ1) is 15.5. The second-order valence-corrected chi connectivity index (χ2v) is 8.57. The van der Waals surface area contributed by atoms with Crippen LogP contribution >= 0.6 is 0 Å². The van der Waals surface area contributed by atoms with E-state index in [1.54, 1.807) is 0 Å². The Morgan fingerprint density at radius 3 is 1.03 bits per heavy atom. The van der Waals surface area contributed by atoms with Crippen molar-refractivity contribution in [2.24, 2.45) is 0 Å². The van der Waals surface area contributed by atoms with E-state index < -0.39 is 11.9 Å². The Morgan fingerprint density at radius 1 is 0.485 bits per heavy atom. The Hall–Kier alpha value is -0.957. The van der Waals surface area contributed by atoms with E-state index >= 15 is 0 Å². The Bertz CT molecular complexity index is 419. The van der Waals surface area contributed by atoms with Crippen molar-refractivity contribution in [2.75, 3.05) is 0 Å². The Morgan fingerprint density at radius 2 is 0.758 bits per heavy atom. The monoisotopic (exact) mass is 516 g/mol. The number of allylic oxidation sites excluding steroid dienone is 4. The maximum absolute atomic E-state index is 10.3. The van der Waals surface area contributed by atoms with Crippen LogP contribution in [0.1, 0.15) is 142 Å². The third-order valence-corrected chi connectivity index (χ3v) is 5.33. The predicted octanol–water partition coefficient (Wildman–Crippen LogP) is 9.09. The van der Waals surface area contributed by atoms with Crippen molar-refractivity contribution in [3.8, 4) is 0 Å². The van der Waals surface area contributed by atoms with Crippen LogP contribution in [0.25, 0.3) is 0 Å². The first kappa shape index (κ1) is 36.6. The van der Waals surface area contributed by atoms with Crippen molar-refractivity contribution in [1.29, 1.82) is 0 Å². The van der Waals surface area contributed by atoms with Gasteiger partial charge in [-0.2, -0.15) is 0 Å². The van der Waals surface area contributed by atoms with Crippen LogP contribution in [0.4, 0.5) is 0 Å². The van der Waals surface area contributed by atoms with E-state index in [1.807, 2.05) is 0 Å². The standard InChI is InChI=1S/2C14H26O2.Zn/c2*1-2-3-4-5-6-7-8-9-10-11-12-13-14(15)16;/h2*3-4H,2,5-13H2,1H3,(H,15,16);. The van der Waals surface area contributed by atoms with Gasteiger partial charge in [0.2, 0.25) is 0 Å². The molecule has 0 fully saturated rings. The molecule has 0 aliphatic heterocycles. The summed E-state index contributed by atoms with van der Waals surface area (Å²) in [7, 11) is 0. The number of carboxylic acids is 2. The third-order valence-electron chi connectivity index (χ3n) is 5.33. The molecule has 0 bridgehead atoms. The minimum Gasteiger partial charge on any atom is -0.481 e. The predicted molar refractivity (Wildman–Crippen MR) is 137 cm³/mol. The van der Waals surface area contributed by atoms with Gasteiger partial charge in [0.05, 0.1) is 0 Å². The molecule has 2 N–H and O–H groups in total. The zero-order valence-corrected chi connectivity index (χ0v) is 24.8. The summed E-state index contributed by atoms with van der Waals surface area (Å²) in [4.78, 5) is 20.5. The van der Waals surface area contributed by atoms with Crippen LogP contribution in [0, 0.1) is 0 Å². The van der Waals surface area contributed by atoms with Gasteiger partial charge in [0, 0.05) is 32.3 Å². The van der Waals surface area contributed by atoms with Crippen LogP contribution in [0.5, 0.6) is 0 Å². The van der Waals surface area contributed by atoms with Gasteiger partial charge in [-0.25, -0.2) is 0 Å². The van der Waals surface area contributed by atoms with E-state index in [0.717, 1.165) is 38.5 Å². The van der Waals surface area contributed by atoms with Crippen LogP contribution in [-0.2, 0) is 29.1 Å². The van der Waals surface area contributed by atoms with Crippen LogP contribution < -0.4 is 0 Å². The molecule has 190 valence electrons. The van der Waals surface area contributed by atoms with Crippen molar-refractivity contribution in [3.05, 3.63) is 24.3 Å². The molecule has 0 spiro atoms. The van der Waals surface area contributed by atoms with Crippen molar-refractivity contribution in [1.82, 2.24) is 0 Å². The molecule has 0 aliphatic rings. The van der Waals surface area contributed by atoms with Gasteiger partial charge in [0.1, 0.15) is 0 Å². The Balaban J connectivity index is -0.000000529. The molecule has 0 saturated carbocycles. The van der Waals surface area contributed by atoms with Crippen molar-refractivity contribution in [2.45, 2.75) is 142 Å². The smallest absolute Gasteiger partial charge is 0.303 e. The van der Waals surface area contributed by atoms with Gasteiger partial charge >= 0.3 is 11.9 Å². The summed E-state index contributed by atoms with van der Waals surface area (Å²) in [6.07, 6.45) is 30.9. The van der Waals surface area contributed by atoms with Gasteiger partial charge in [-0.05, 0) is 51.4 Å². The summed E-state index contributed by atoms with van der Waals surface area (Å²) in [5.74, 6) is -1.33. The summed E-state index contributed by atoms with van der Waals surface area (Å²) < 4.78 is 0. The van der Waals surface area contributed by atoms with E-state index in [-0.39, 0.29) is 19.5 Å². The van der Waals surface area contributed by atoms with Gasteiger partial charge in [-0.1, -0.05) is 102 Å². The summed E-state index contributed by atoms with van der Waals surface area (Å²) in [6, 6.07) is 0. The number of carbonyl (C=O) groups is 2. The molecule has 0 amide bonds. The average molecular weight is 518 g/mol. The summed E-state index contributed by atoms with van der Waals surface area (Å²) >= 11 is 0. The minimum atomic E-state index is -0.664. The number of hydrogen-bond donors (Lipinski definition) is 2. The molecule has 0 aliphatic carbocycles. The fourth-order valence-electron chi connectivity index (χ4n) is 3.41. The molecule has 0 radical (unpaired) electrons. The fraction of sp³-hybridized carbons (Fsp3) is 0.786. The number of rotatable bonds is 22. The van der Waals surface area contributed by atoms with Gasteiger partial charge in [0.25, 0.3) is 0 Å². The maximum atomic E-state index is 10.3. The molecule has 5 heteroatoms. The van der Waals surface area contributed by atoms with Gasteiger partial charge < -0.3 is 10.2 Å². The molecule has 0 atom stereocenters. The number of aliphatic carboxylic acids is 2. The molecule has 0 rings (SSSR count). The molecule has 0 aromatic heterocycles. The average Bonchev–Trinajstić information content (AvgIpc) is 2.76. The van der Waals surface area contributed by atoms with E-state index in [1.165, 1.54) is 77.0 Å². The summed E-state index contributed by atoms with van der Waals surface area (Å²) in [5.41, 5.74) is 0. The van der Waals surface area contributed by atoms with Gasteiger partial charge in [-0.3, -0.25) is 9.59 Å². The van der Waals surface area contributed by atoms with Crippen LogP contribution in [0.15, 0.2) is 24.3 Å². The molecule has 0 aromatic carbocycles. The zero-order valence-electron chi connectivity index (χ0n) is 21.9. The number of hydrogen-bond acceptors (Lipinski definition) is 2. The van der Waals surface area contributed by atoms with E-state index in [0.29, 0.717) is 12.8 Å². The molecule has 33 heavy (non-hydrogen) atoms. The second kappa shape index (κ2) is 33.2. The van der Waals surface area contributed by atoms with E-state index in [2.05, 4.69) is 38.2 Å².